The Kier molecular flexibility index (Phi) is 10.6. The Morgan fingerprint density at radius 2 is 1.27 bits per heavy atom. The van der Waals surface area contributed by atoms with Crippen LogP contribution in [0.3, 0.4) is 0 Å². The van der Waals surface area contributed by atoms with Crippen molar-refractivity contribution in [2.24, 2.45) is 7.05 Å². The summed E-state index contributed by atoms with van der Waals surface area (Å²) in [7, 11) is 2.03. The lowest BCUT2D eigenvalue weighted by atomic mass is 10.1. The molecule has 1 aliphatic rings. The number of rotatable bonds is 3. The lowest BCUT2D eigenvalue weighted by molar-refractivity contribution is -0.671. The van der Waals surface area contributed by atoms with Crippen molar-refractivity contribution in [2.45, 2.75) is 0 Å². The monoisotopic (exact) mass is 445 g/mol. The van der Waals surface area contributed by atoms with E-state index in [4.69, 9.17) is 9.47 Å². The number of anilines is 1. The van der Waals surface area contributed by atoms with Crippen LogP contribution in [0.2, 0.25) is 0 Å². The van der Waals surface area contributed by atoms with E-state index in [0.29, 0.717) is 13.2 Å². The topological polar surface area (TPSA) is 25.6 Å². The molecule has 0 spiro atoms. The standard InChI is InChI=1S/C24H33N2O2S2/c1-25-10-8-23(9-11-25)3-2-22-4-6-24(7-5-22)26-12-18-29-20-16-27-14-15-28-17-21-30-19-13-26/h2-11H,12-21H2,1H3/q+1. The Hall–Kier alpha value is -1.47. The van der Waals surface area contributed by atoms with Crippen molar-refractivity contribution in [3.63, 3.8) is 0 Å². The molecule has 0 unspecified atom stereocenters. The van der Waals surface area contributed by atoms with Gasteiger partial charge in [-0.05, 0) is 23.3 Å². The zero-order chi connectivity index (χ0) is 20.9. The fourth-order valence-electron chi connectivity index (χ4n) is 3.09. The van der Waals surface area contributed by atoms with E-state index in [1.54, 1.807) is 0 Å². The van der Waals surface area contributed by atoms with E-state index >= 15 is 0 Å². The lowest BCUT2D eigenvalue weighted by Crippen LogP contribution is -2.28. The van der Waals surface area contributed by atoms with Gasteiger partial charge in [-0.3, -0.25) is 0 Å². The van der Waals surface area contributed by atoms with E-state index in [1.165, 1.54) is 16.8 Å². The minimum atomic E-state index is 0.709. The smallest absolute Gasteiger partial charge is 0.169 e. The highest BCUT2D eigenvalue weighted by Gasteiger charge is 2.07. The van der Waals surface area contributed by atoms with Gasteiger partial charge < -0.3 is 14.4 Å². The van der Waals surface area contributed by atoms with Gasteiger partial charge in [0, 0.05) is 53.9 Å². The van der Waals surface area contributed by atoms with Gasteiger partial charge >= 0.3 is 0 Å². The van der Waals surface area contributed by atoms with Crippen molar-refractivity contribution in [1.29, 1.82) is 0 Å². The van der Waals surface area contributed by atoms with Crippen LogP contribution >= 0.6 is 23.5 Å². The van der Waals surface area contributed by atoms with Crippen LogP contribution in [0.25, 0.3) is 12.2 Å². The fraction of sp³-hybridized carbons (Fsp3) is 0.458. The first-order valence-corrected chi connectivity index (χ1v) is 12.9. The number of aromatic nitrogens is 1. The summed E-state index contributed by atoms with van der Waals surface area (Å²) in [6.07, 6.45) is 8.48. The van der Waals surface area contributed by atoms with Crippen molar-refractivity contribution in [3.8, 4) is 0 Å². The minimum absolute atomic E-state index is 0.709. The molecule has 162 valence electrons. The third-order valence-corrected chi connectivity index (χ3v) is 6.71. The summed E-state index contributed by atoms with van der Waals surface area (Å²) in [5.74, 6) is 4.34. The number of pyridine rings is 1. The highest BCUT2D eigenvalue weighted by Crippen LogP contribution is 2.19. The SMILES string of the molecule is C[n+]1ccc(/C=C/c2ccc(N3CCSCCOCCOCCSCC3)cc2)cc1. The molecule has 2 heterocycles. The van der Waals surface area contributed by atoms with Gasteiger partial charge in [-0.25, -0.2) is 4.57 Å². The summed E-state index contributed by atoms with van der Waals surface area (Å²) in [6, 6.07) is 13.2. The number of benzene rings is 1. The molecule has 0 bridgehead atoms. The van der Waals surface area contributed by atoms with Gasteiger partial charge in [0.2, 0.25) is 0 Å². The first-order chi connectivity index (χ1) is 14.8. The van der Waals surface area contributed by atoms with E-state index in [2.05, 4.69) is 65.8 Å². The second-order valence-electron chi connectivity index (χ2n) is 7.16. The zero-order valence-corrected chi connectivity index (χ0v) is 19.5. The van der Waals surface area contributed by atoms with Crippen molar-refractivity contribution < 1.29 is 14.0 Å². The van der Waals surface area contributed by atoms with E-state index in [0.717, 1.165) is 49.3 Å². The molecule has 1 fully saturated rings. The number of ether oxygens (including phenoxy) is 2. The molecule has 0 N–H and O–H groups in total. The third kappa shape index (κ3) is 8.72. The summed E-state index contributed by atoms with van der Waals surface area (Å²) in [4.78, 5) is 2.51. The van der Waals surface area contributed by atoms with Gasteiger partial charge in [0.15, 0.2) is 12.4 Å². The van der Waals surface area contributed by atoms with Crippen LogP contribution in [0.15, 0.2) is 48.8 Å². The van der Waals surface area contributed by atoms with Crippen LogP contribution in [-0.4, -0.2) is 62.5 Å². The summed E-state index contributed by atoms with van der Waals surface area (Å²) in [6.45, 7) is 5.17. The average molecular weight is 446 g/mol. The predicted octanol–water partition coefficient (Wildman–Crippen LogP) is 4.00. The Morgan fingerprint density at radius 3 is 1.83 bits per heavy atom. The van der Waals surface area contributed by atoms with Crippen LogP contribution in [0.5, 0.6) is 0 Å². The molecule has 2 aromatic rings. The van der Waals surface area contributed by atoms with Crippen molar-refractivity contribution in [2.75, 3.05) is 67.4 Å². The Bertz CT molecular complexity index is 735. The first kappa shape index (κ1) is 23.2. The van der Waals surface area contributed by atoms with Gasteiger partial charge in [-0.15, -0.1) is 0 Å². The lowest BCUT2D eigenvalue weighted by Gasteiger charge is -2.25. The van der Waals surface area contributed by atoms with Gasteiger partial charge in [0.25, 0.3) is 0 Å². The van der Waals surface area contributed by atoms with Crippen LogP contribution < -0.4 is 9.47 Å². The summed E-state index contributed by atoms with van der Waals surface area (Å²) < 4.78 is 13.3. The van der Waals surface area contributed by atoms with Crippen molar-refractivity contribution in [1.82, 2.24) is 0 Å². The molecule has 0 radical (unpaired) electrons. The van der Waals surface area contributed by atoms with Crippen LogP contribution in [0, 0.1) is 0 Å². The van der Waals surface area contributed by atoms with Gasteiger partial charge in [-0.1, -0.05) is 24.3 Å². The number of thioether (sulfide) groups is 2. The van der Waals surface area contributed by atoms with E-state index in [-0.39, 0.29) is 0 Å². The van der Waals surface area contributed by atoms with Gasteiger partial charge in [0.05, 0.1) is 26.4 Å². The molecule has 0 amide bonds. The second kappa shape index (κ2) is 13.8. The van der Waals surface area contributed by atoms with Crippen LogP contribution in [-0.2, 0) is 16.5 Å². The van der Waals surface area contributed by atoms with Crippen molar-refractivity contribution >= 4 is 41.4 Å². The van der Waals surface area contributed by atoms with Gasteiger partial charge in [0.1, 0.15) is 7.05 Å². The molecule has 3 rings (SSSR count). The number of aryl methyl sites for hydroxylation is 1. The molecule has 0 aliphatic carbocycles. The molecule has 0 atom stereocenters. The summed E-state index contributed by atoms with van der Waals surface area (Å²) in [5.41, 5.74) is 3.74. The van der Waals surface area contributed by atoms with Crippen LogP contribution in [0.4, 0.5) is 5.69 Å². The Morgan fingerprint density at radius 1 is 0.733 bits per heavy atom. The molecule has 1 aliphatic heterocycles. The van der Waals surface area contributed by atoms with Gasteiger partial charge in [-0.2, -0.15) is 23.5 Å². The predicted molar refractivity (Wildman–Crippen MR) is 131 cm³/mol. The molecule has 1 aromatic heterocycles. The van der Waals surface area contributed by atoms with E-state index in [9.17, 15) is 0 Å². The summed E-state index contributed by atoms with van der Waals surface area (Å²) >= 11 is 3.93. The number of nitrogens with zero attached hydrogens (tertiary/aromatic N) is 2. The quantitative estimate of drug-likeness (QED) is 0.665. The number of hydrogen-bond donors (Lipinski definition) is 0. The van der Waals surface area contributed by atoms with Crippen molar-refractivity contribution in [3.05, 3.63) is 59.9 Å². The van der Waals surface area contributed by atoms with E-state index in [1.807, 2.05) is 35.1 Å². The maximum Gasteiger partial charge on any atom is 0.169 e. The Balaban J connectivity index is 1.57. The molecule has 30 heavy (non-hydrogen) atoms. The highest BCUT2D eigenvalue weighted by molar-refractivity contribution is 7.99. The van der Waals surface area contributed by atoms with Crippen LogP contribution in [0.1, 0.15) is 11.1 Å². The molecular weight excluding hydrogens is 412 g/mol. The summed E-state index contributed by atoms with van der Waals surface area (Å²) in [5, 5.41) is 0. The molecule has 1 aromatic carbocycles. The normalized spacial score (nSPS) is 18.1. The minimum Gasteiger partial charge on any atom is -0.378 e. The van der Waals surface area contributed by atoms with E-state index < -0.39 is 0 Å². The molecule has 4 nitrogen and oxygen atoms in total. The largest absolute Gasteiger partial charge is 0.378 e. The zero-order valence-electron chi connectivity index (χ0n) is 17.9. The number of hydrogen-bond acceptors (Lipinski definition) is 5. The third-order valence-electron chi connectivity index (χ3n) is 4.86. The second-order valence-corrected chi connectivity index (χ2v) is 9.61. The first-order valence-electron chi connectivity index (χ1n) is 10.6. The fourth-order valence-corrected chi connectivity index (χ4v) is 4.67. The maximum atomic E-state index is 5.62. The molecule has 0 saturated carbocycles. The molecular formula is C24H33N2O2S2+. The maximum absolute atomic E-state index is 5.62. The molecule has 1 saturated heterocycles. The molecule has 6 heteroatoms. The highest BCUT2D eigenvalue weighted by atomic mass is 32.2. The average Bonchev–Trinajstić information content (AvgIpc) is 2.78. The Labute approximate surface area is 189 Å².